The SMILES string of the molecule is CCC(=O)Oc1cc2oc(CC)c(-c3ccc4c(c3)OCO4)c(=O)c2cc1CC. The number of ether oxygens (including phenoxy) is 3. The molecule has 0 bridgehead atoms. The van der Waals surface area contributed by atoms with Crippen molar-refractivity contribution in [3.8, 4) is 28.4 Å². The van der Waals surface area contributed by atoms with E-state index in [-0.39, 0.29) is 24.6 Å². The number of hydrogen-bond donors (Lipinski definition) is 0. The summed E-state index contributed by atoms with van der Waals surface area (Å²) in [6, 6.07) is 8.84. The van der Waals surface area contributed by atoms with Crippen molar-refractivity contribution in [2.45, 2.75) is 40.0 Å². The molecule has 0 unspecified atom stereocenters. The van der Waals surface area contributed by atoms with Crippen LogP contribution in [0.5, 0.6) is 17.2 Å². The number of carbonyl (C=O) groups excluding carboxylic acids is 1. The van der Waals surface area contributed by atoms with Crippen LogP contribution in [0.1, 0.15) is 38.5 Å². The predicted octanol–water partition coefficient (Wildman–Crippen LogP) is 4.63. The number of benzene rings is 2. The fraction of sp³-hybridized carbons (Fsp3) is 0.304. The number of fused-ring (bicyclic) bond motifs is 2. The van der Waals surface area contributed by atoms with Crippen molar-refractivity contribution in [2.24, 2.45) is 0 Å². The molecule has 2 heterocycles. The van der Waals surface area contributed by atoms with Gasteiger partial charge < -0.3 is 18.6 Å². The third-order valence-electron chi connectivity index (χ3n) is 5.02. The van der Waals surface area contributed by atoms with Crippen LogP contribution < -0.4 is 19.6 Å². The monoisotopic (exact) mass is 394 g/mol. The molecular formula is C23H22O6. The van der Waals surface area contributed by atoms with Crippen molar-refractivity contribution < 1.29 is 23.4 Å². The molecule has 0 aliphatic carbocycles. The standard InChI is InChI=1S/C23H22O6/c1-4-13-9-15-19(11-18(13)29-21(24)6-3)28-16(5-2)22(23(15)25)14-7-8-17-20(10-14)27-12-26-17/h7-11H,4-6,12H2,1-3H3. The van der Waals surface area contributed by atoms with Gasteiger partial charge in [-0.3, -0.25) is 9.59 Å². The molecule has 4 rings (SSSR count). The second-order valence-corrected chi connectivity index (χ2v) is 6.79. The molecule has 0 spiro atoms. The number of carbonyl (C=O) groups is 1. The normalized spacial score (nSPS) is 12.4. The molecule has 0 atom stereocenters. The third kappa shape index (κ3) is 3.35. The van der Waals surface area contributed by atoms with E-state index in [2.05, 4.69) is 0 Å². The van der Waals surface area contributed by atoms with E-state index in [0.717, 1.165) is 11.1 Å². The van der Waals surface area contributed by atoms with Gasteiger partial charge in [-0.1, -0.05) is 26.8 Å². The molecule has 0 amide bonds. The molecule has 150 valence electrons. The Morgan fingerprint density at radius 3 is 2.55 bits per heavy atom. The van der Waals surface area contributed by atoms with Crippen molar-refractivity contribution in [1.29, 1.82) is 0 Å². The molecule has 6 nitrogen and oxygen atoms in total. The summed E-state index contributed by atoms with van der Waals surface area (Å²) >= 11 is 0. The lowest BCUT2D eigenvalue weighted by atomic mass is 9.99. The largest absolute Gasteiger partial charge is 0.460 e. The molecular weight excluding hydrogens is 372 g/mol. The zero-order valence-electron chi connectivity index (χ0n) is 16.7. The molecule has 0 saturated carbocycles. The zero-order valence-corrected chi connectivity index (χ0v) is 16.7. The van der Waals surface area contributed by atoms with Gasteiger partial charge in [-0.05, 0) is 35.7 Å². The van der Waals surface area contributed by atoms with E-state index in [1.165, 1.54) is 0 Å². The second kappa shape index (κ2) is 7.62. The highest BCUT2D eigenvalue weighted by Gasteiger charge is 2.21. The summed E-state index contributed by atoms with van der Waals surface area (Å²) < 4.78 is 22.4. The third-order valence-corrected chi connectivity index (χ3v) is 5.02. The molecule has 1 aliphatic heterocycles. The van der Waals surface area contributed by atoms with Crippen LogP contribution >= 0.6 is 0 Å². The maximum Gasteiger partial charge on any atom is 0.310 e. The van der Waals surface area contributed by atoms with Crippen LogP contribution in [0, 0.1) is 0 Å². The average molecular weight is 394 g/mol. The number of rotatable bonds is 5. The fourth-order valence-corrected chi connectivity index (χ4v) is 3.47. The summed E-state index contributed by atoms with van der Waals surface area (Å²) in [5.74, 6) is 1.95. The molecule has 0 radical (unpaired) electrons. The maximum atomic E-state index is 13.4. The van der Waals surface area contributed by atoms with Gasteiger partial charge in [-0.2, -0.15) is 0 Å². The van der Waals surface area contributed by atoms with Gasteiger partial charge >= 0.3 is 5.97 Å². The van der Waals surface area contributed by atoms with Crippen LogP contribution in [-0.2, 0) is 17.6 Å². The van der Waals surface area contributed by atoms with Crippen LogP contribution in [0.3, 0.4) is 0 Å². The second-order valence-electron chi connectivity index (χ2n) is 6.79. The summed E-state index contributed by atoms with van der Waals surface area (Å²) in [4.78, 5) is 25.2. The summed E-state index contributed by atoms with van der Waals surface area (Å²) in [5.41, 5.74) is 2.31. The molecule has 0 N–H and O–H groups in total. The molecule has 0 saturated heterocycles. The van der Waals surface area contributed by atoms with Gasteiger partial charge in [0.25, 0.3) is 0 Å². The lowest BCUT2D eigenvalue weighted by Gasteiger charge is -2.13. The van der Waals surface area contributed by atoms with E-state index in [9.17, 15) is 9.59 Å². The molecule has 2 aromatic carbocycles. The summed E-state index contributed by atoms with van der Waals surface area (Å²) in [5, 5.41) is 0.461. The van der Waals surface area contributed by atoms with Crippen molar-refractivity contribution in [3.63, 3.8) is 0 Å². The first-order valence-electron chi connectivity index (χ1n) is 9.79. The Kier molecular flexibility index (Phi) is 5.01. The minimum Gasteiger partial charge on any atom is -0.460 e. The van der Waals surface area contributed by atoms with Crippen LogP contribution in [0.25, 0.3) is 22.1 Å². The van der Waals surface area contributed by atoms with Crippen LogP contribution in [0.4, 0.5) is 0 Å². The highest BCUT2D eigenvalue weighted by molar-refractivity contribution is 5.86. The first kappa shape index (κ1) is 19.1. The molecule has 6 heteroatoms. The average Bonchev–Trinajstić information content (AvgIpc) is 3.20. The Morgan fingerprint density at radius 1 is 1.03 bits per heavy atom. The Bertz CT molecular complexity index is 1160. The molecule has 3 aromatic rings. The van der Waals surface area contributed by atoms with Crippen LogP contribution in [-0.4, -0.2) is 12.8 Å². The number of hydrogen-bond acceptors (Lipinski definition) is 6. The molecule has 29 heavy (non-hydrogen) atoms. The topological polar surface area (TPSA) is 75.0 Å². The van der Waals surface area contributed by atoms with Gasteiger partial charge in [0.2, 0.25) is 12.2 Å². The van der Waals surface area contributed by atoms with E-state index in [0.29, 0.717) is 52.4 Å². The maximum absolute atomic E-state index is 13.4. The fourth-order valence-electron chi connectivity index (χ4n) is 3.47. The van der Waals surface area contributed by atoms with Crippen molar-refractivity contribution in [2.75, 3.05) is 6.79 Å². The van der Waals surface area contributed by atoms with Gasteiger partial charge in [-0.25, -0.2) is 0 Å². The van der Waals surface area contributed by atoms with E-state index < -0.39 is 0 Å². The Labute approximate surface area is 168 Å². The Morgan fingerprint density at radius 2 is 1.83 bits per heavy atom. The molecule has 1 aliphatic rings. The van der Waals surface area contributed by atoms with Crippen LogP contribution in [0.15, 0.2) is 39.5 Å². The molecule has 0 fully saturated rings. The Balaban J connectivity index is 1.92. The predicted molar refractivity (Wildman–Crippen MR) is 109 cm³/mol. The summed E-state index contributed by atoms with van der Waals surface area (Å²) in [7, 11) is 0. The van der Waals surface area contributed by atoms with E-state index in [4.69, 9.17) is 18.6 Å². The van der Waals surface area contributed by atoms with Gasteiger partial charge in [0, 0.05) is 18.9 Å². The first-order valence-corrected chi connectivity index (χ1v) is 9.79. The first-order chi connectivity index (χ1) is 14.0. The van der Waals surface area contributed by atoms with Crippen molar-refractivity contribution in [3.05, 3.63) is 51.9 Å². The number of esters is 1. The van der Waals surface area contributed by atoms with Gasteiger partial charge in [0.05, 0.1) is 10.9 Å². The quantitative estimate of drug-likeness (QED) is 0.464. The lowest BCUT2D eigenvalue weighted by Crippen LogP contribution is -2.11. The summed E-state index contributed by atoms with van der Waals surface area (Å²) in [6.07, 6.45) is 1.43. The highest BCUT2D eigenvalue weighted by atomic mass is 16.7. The van der Waals surface area contributed by atoms with Crippen LogP contribution in [0.2, 0.25) is 0 Å². The molecule has 1 aromatic heterocycles. The van der Waals surface area contributed by atoms with Gasteiger partial charge in [0.1, 0.15) is 17.1 Å². The van der Waals surface area contributed by atoms with E-state index in [1.807, 2.05) is 19.9 Å². The minimum atomic E-state index is -0.325. The van der Waals surface area contributed by atoms with Gasteiger partial charge in [0.15, 0.2) is 11.5 Å². The minimum absolute atomic E-state index is 0.120. The number of aryl methyl sites for hydroxylation is 2. The van der Waals surface area contributed by atoms with E-state index >= 15 is 0 Å². The van der Waals surface area contributed by atoms with Gasteiger partial charge in [-0.15, -0.1) is 0 Å². The highest BCUT2D eigenvalue weighted by Crippen LogP contribution is 2.37. The zero-order chi connectivity index (χ0) is 20.5. The van der Waals surface area contributed by atoms with E-state index in [1.54, 1.807) is 31.2 Å². The summed E-state index contributed by atoms with van der Waals surface area (Å²) in [6.45, 7) is 5.79. The van der Waals surface area contributed by atoms with Crippen molar-refractivity contribution >= 4 is 16.9 Å². The lowest BCUT2D eigenvalue weighted by molar-refractivity contribution is -0.134. The Hall–Kier alpha value is -3.28. The van der Waals surface area contributed by atoms with Crippen molar-refractivity contribution in [1.82, 2.24) is 0 Å². The smallest absolute Gasteiger partial charge is 0.310 e.